The highest BCUT2D eigenvalue weighted by Gasteiger charge is 2.13. The molecule has 0 aliphatic rings. The highest BCUT2D eigenvalue weighted by Crippen LogP contribution is 2.39. The van der Waals surface area contributed by atoms with Gasteiger partial charge in [-0.2, -0.15) is 0 Å². The number of hydrogen-bond donors (Lipinski definition) is 2. The van der Waals surface area contributed by atoms with E-state index in [4.69, 9.17) is 4.98 Å². The molecule has 4 heteroatoms. The number of thiophene rings is 1. The number of pyridine rings is 1. The van der Waals surface area contributed by atoms with Crippen LogP contribution in [0, 0.1) is 0 Å². The standard InChI is InChI=1S/C18H15NO2S/c1-2-3-14-18-11(6-7-22-18)17-12-9-16(21)15(20)8-10(12)4-5-13(17)19-14/h4-9,20-21H,2-3H2,1H3. The third kappa shape index (κ3) is 1.84. The zero-order valence-corrected chi connectivity index (χ0v) is 12.9. The van der Waals surface area contributed by atoms with Gasteiger partial charge < -0.3 is 10.2 Å². The predicted molar refractivity (Wildman–Crippen MR) is 92.0 cm³/mol. The molecule has 0 spiro atoms. The Hall–Kier alpha value is -2.33. The lowest BCUT2D eigenvalue weighted by Crippen LogP contribution is -1.92. The van der Waals surface area contributed by atoms with E-state index in [1.165, 1.54) is 10.1 Å². The molecule has 0 aliphatic carbocycles. The van der Waals surface area contributed by atoms with Gasteiger partial charge in [0.1, 0.15) is 0 Å². The van der Waals surface area contributed by atoms with Gasteiger partial charge in [-0.05, 0) is 46.8 Å². The third-order valence-corrected chi connectivity index (χ3v) is 5.00. The van der Waals surface area contributed by atoms with Crippen LogP contribution in [0.15, 0.2) is 35.7 Å². The summed E-state index contributed by atoms with van der Waals surface area (Å²) >= 11 is 1.71. The van der Waals surface area contributed by atoms with Crippen molar-refractivity contribution in [3.8, 4) is 11.5 Å². The van der Waals surface area contributed by atoms with Crippen molar-refractivity contribution in [1.82, 2.24) is 4.98 Å². The van der Waals surface area contributed by atoms with E-state index in [0.29, 0.717) is 0 Å². The first-order chi connectivity index (χ1) is 10.7. The Kier molecular flexibility index (Phi) is 2.94. The molecule has 4 aromatic rings. The predicted octanol–water partition coefficient (Wildman–Crippen LogP) is 4.97. The highest BCUT2D eigenvalue weighted by molar-refractivity contribution is 7.17. The second-order valence-electron chi connectivity index (χ2n) is 5.49. The quantitative estimate of drug-likeness (QED) is 0.406. The number of hydrogen-bond acceptors (Lipinski definition) is 4. The van der Waals surface area contributed by atoms with Crippen LogP contribution in [0.4, 0.5) is 0 Å². The molecule has 0 fully saturated rings. The van der Waals surface area contributed by atoms with E-state index < -0.39 is 0 Å². The number of benzene rings is 2. The molecule has 0 saturated carbocycles. The molecule has 0 amide bonds. The lowest BCUT2D eigenvalue weighted by molar-refractivity contribution is 0.405. The first-order valence-corrected chi connectivity index (χ1v) is 8.21. The van der Waals surface area contributed by atoms with Gasteiger partial charge in [-0.25, -0.2) is 0 Å². The Labute approximate surface area is 131 Å². The van der Waals surface area contributed by atoms with Crippen LogP contribution in [-0.2, 0) is 6.42 Å². The molecule has 0 bridgehead atoms. The van der Waals surface area contributed by atoms with E-state index in [1.54, 1.807) is 23.5 Å². The van der Waals surface area contributed by atoms with Gasteiger partial charge in [-0.1, -0.05) is 19.4 Å². The second kappa shape index (κ2) is 4.85. The molecule has 0 saturated heterocycles. The Morgan fingerprint density at radius 1 is 1.05 bits per heavy atom. The molecular weight excluding hydrogens is 294 g/mol. The summed E-state index contributed by atoms with van der Waals surface area (Å²) in [6.07, 6.45) is 2.03. The lowest BCUT2D eigenvalue weighted by Gasteiger charge is -2.09. The van der Waals surface area contributed by atoms with E-state index in [2.05, 4.69) is 18.4 Å². The molecule has 22 heavy (non-hydrogen) atoms. The van der Waals surface area contributed by atoms with Gasteiger partial charge >= 0.3 is 0 Å². The smallest absolute Gasteiger partial charge is 0.158 e. The van der Waals surface area contributed by atoms with Crippen LogP contribution in [-0.4, -0.2) is 15.2 Å². The molecule has 3 nitrogen and oxygen atoms in total. The molecule has 110 valence electrons. The summed E-state index contributed by atoms with van der Waals surface area (Å²) in [5.74, 6) is -0.190. The monoisotopic (exact) mass is 309 g/mol. The summed E-state index contributed by atoms with van der Waals surface area (Å²) in [7, 11) is 0. The van der Waals surface area contributed by atoms with Crippen molar-refractivity contribution in [2.75, 3.05) is 0 Å². The van der Waals surface area contributed by atoms with E-state index in [9.17, 15) is 10.2 Å². The van der Waals surface area contributed by atoms with Crippen molar-refractivity contribution in [2.24, 2.45) is 0 Å². The summed E-state index contributed by atoms with van der Waals surface area (Å²) in [6.45, 7) is 2.16. The number of fused-ring (bicyclic) bond motifs is 5. The number of rotatable bonds is 2. The molecule has 2 heterocycles. The average Bonchev–Trinajstić information content (AvgIpc) is 2.98. The van der Waals surface area contributed by atoms with Gasteiger partial charge in [0.05, 0.1) is 15.9 Å². The van der Waals surface area contributed by atoms with Crippen molar-refractivity contribution in [1.29, 1.82) is 0 Å². The van der Waals surface area contributed by atoms with Crippen molar-refractivity contribution in [3.63, 3.8) is 0 Å². The average molecular weight is 309 g/mol. The summed E-state index contributed by atoms with van der Waals surface area (Å²) in [4.78, 5) is 4.83. The number of aromatic nitrogens is 1. The van der Waals surface area contributed by atoms with Crippen molar-refractivity contribution < 1.29 is 10.2 Å². The zero-order valence-electron chi connectivity index (χ0n) is 12.1. The minimum Gasteiger partial charge on any atom is -0.504 e. The van der Waals surface area contributed by atoms with Crippen LogP contribution < -0.4 is 0 Å². The van der Waals surface area contributed by atoms with E-state index >= 15 is 0 Å². The van der Waals surface area contributed by atoms with E-state index in [-0.39, 0.29) is 11.5 Å². The van der Waals surface area contributed by atoms with E-state index in [0.717, 1.165) is 40.2 Å². The maximum Gasteiger partial charge on any atom is 0.158 e. The molecule has 0 radical (unpaired) electrons. The third-order valence-electron chi connectivity index (χ3n) is 4.03. The van der Waals surface area contributed by atoms with Crippen LogP contribution in [0.2, 0.25) is 0 Å². The van der Waals surface area contributed by atoms with Gasteiger partial charge in [-0.15, -0.1) is 11.3 Å². The van der Waals surface area contributed by atoms with Crippen molar-refractivity contribution in [2.45, 2.75) is 19.8 Å². The number of phenols is 2. The molecular formula is C18H15NO2S. The van der Waals surface area contributed by atoms with Crippen LogP contribution in [0.3, 0.4) is 0 Å². The fourth-order valence-corrected chi connectivity index (χ4v) is 3.97. The van der Waals surface area contributed by atoms with Gasteiger partial charge in [0.25, 0.3) is 0 Å². The fourth-order valence-electron chi connectivity index (χ4n) is 3.05. The molecule has 0 atom stereocenters. The normalized spacial score (nSPS) is 11.7. The summed E-state index contributed by atoms with van der Waals surface area (Å²) in [5.41, 5.74) is 2.08. The summed E-state index contributed by atoms with van der Waals surface area (Å²) in [5, 5.41) is 25.7. The van der Waals surface area contributed by atoms with Gasteiger partial charge in [-0.3, -0.25) is 4.98 Å². The zero-order chi connectivity index (χ0) is 15.3. The molecule has 2 aromatic carbocycles. The number of aryl methyl sites for hydroxylation is 1. The molecule has 4 rings (SSSR count). The Bertz CT molecular complexity index is 1020. The minimum absolute atomic E-state index is 0.0935. The molecule has 0 aliphatic heterocycles. The van der Waals surface area contributed by atoms with Gasteiger partial charge in [0.2, 0.25) is 0 Å². The minimum atomic E-state index is -0.0963. The molecule has 2 N–H and O–H groups in total. The van der Waals surface area contributed by atoms with Crippen LogP contribution in [0.1, 0.15) is 19.0 Å². The van der Waals surface area contributed by atoms with Crippen LogP contribution >= 0.6 is 11.3 Å². The van der Waals surface area contributed by atoms with Crippen LogP contribution in [0.25, 0.3) is 31.8 Å². The first-order valence-electron chi connectivity index (χ1n) is 7.33. The SMILES string of the molecule is CCCc1nc2ccc3cc(O)c(O)cc3c2c2ccsc12. The second-order valence-corrected chi connectivity index (χ2v) is 6.41. The van der Waals surface area contributed by atoms with Gasteiger partial charge in [0.15, 0.2) is 11.5 Å². The topological polar surface area (TPSA) is 53.4 Å². The van der Waals surface area contributed by atoms with Crippen molar-refractivity contribution >= 4 is 43.1 Å². The lowest BCUT2D eigenvalue weighted by atomic mass is 10.0. The summed E-state index contributed by atoms with van der Waals surface area (Å²) < 4.78 is 1.22. The maximum absolute atomic E-state index is 9.87. The number of aromatic hydroxyl groups is 2. The Morgan fingerprint density at radius 2 is 1.86 bits per heavy atom. The molecule has 0 unspecified atom stereocenters. The maximum atomic E-state index is 9.87. The van der Waals surface area contributed by atoms with Gasteiger partial charge in [0, 0.05) is 10.8 Å². The van der Waals surface area contributed by atoms with E-state index in [1.807, 2.05) is 12.1 Å². The Balaban J connectivity index is 2.21. The number of phenolic OH excluding ortho intramolecular Hbond substituents is 2. The van der Waals surface area contributed by atoms with Crippen LogP contribution in [0.5, 0.6) is 11.5 Å². The largest absolute Gasteiger partial charge is 0.504 e. The Morgan fingerprint density at radius 3 is 2.68 bits per heavy atom. The highest BCUT2D eigenvalue weighted by atomic mass is 32.1. The summed E-state index contributed by atoms with van der Waals surface area (Å²) in [6, 6.07) is 9.28. The molecule has 2 aromatic heterocycles. The van der Waals surface area contributed by atoms with Crippen molar-refractivity contribution in [3.05, 3.63) is 41.4 Å². The first kappa shape index (κ1) is 13.3. The fraction of sp³-hybridized carbons (Fsp3) is 0.167. The number of nitrogens with zero attached hydrogens (tertiary/aromatic N) is 1.